The second-order valence-electron chi connectivity index (χ2n) is 13.4. The van der Waals surface area contributed by atoms with Crippen LogP contribution in [0.15, 0.2) is 48.1 Å². The molecule has 1 unspecified atom stereocenters. The third kappa shape index (κ3) is 3.75. The number of aliphatic hydroxyl groups excluding tert-OH is 2. The van der Waals surface area contributed by atoms with Crippen LogP contribution >= 0.6 is 0 Å². The number of fused-ring (bicyclic) bond motifs is 2. The number of esters is 1. The molecule has 9 atom stereocenters. The Morgan fingerprint density at radius 2 is 1.98 bits per heavy atom. The van der Waals surface area contributed by atoms with Crippen molar-refractivity contribution in [2.24, 2.45) is 39.4 Å². The van der Waals surface area contributed by atoms with Crippen LogP contribution in [0.25, 0.3) is 0 Å². The second kappa shape index (κ2) is 9.39. The standard InChI is InChI=1S/C32H38FNO7/c1-29-13-26(38)32-17-31(32,12-23(33)22-11-21(36)7-8-30(22,32)2)25(29)10-20(27(29)24(37)16-35)15-34(40)14-18-5-4-6-19(9-18)28(39)41-3/h4-9,11,20,23,25-27,35,38,40H,10,12-17H2,1-3H3/t20-,23-,25+,26-,27+,29-,30-,31?,32+/m0/s1. The third-order valence-electron chi connectivity index (χ3n) is 11.7. The molecule has 5 aliphatic carbocycles. The molecule has 0 amide bonds. The molecule has 0 aromatic heterocycles. The zero-order valence-corrected chi connectivity index (χ0v) is 23.7. The predicted molar refractivity (Wildman–Crippen MR) is 145 cm³/mol. The highest BCUT2D eigenvalue weighted by Crippen LogP contribution is 2.89. The highest BCUT2D eigenvalue weighted by molar-refractivity contribution is 6.01. The molecule has 9 heteroatoms. The van der Waals surface area contributed by atoms with E-state index < -0.39 is 52.4 Å². The number of aliphatic hydroxyl groups is 2. The minimum atomic E-state index is -1.33. The van der Waals surface area contributed by atoms with Crippen molar-refractivity contribution in [2.75, 3.05) is 20.3 Å². The van der Waals surface area contributed by atoms with Crippen LogP contribution in [-0.2, 0) is 20.9 Å². The van der Waals surface area contributed by atoms with Gasteiger partial charge in [-0.15, -0.1) is 0 Å². The molecule has 5 aliphatic rings. The average Bonchev–Trinajstić information content (AvgIpc) is 3.55. The van der Waals surface area contributed by atoms with Gasteiger partial charge in [-0.1, -0.05) is 32.1 Å². The Balaban J connectivity index is 1.32. The van der Waals surface area contributed by atoms with E-state index in [4.69, 9.17) is 4.74 Å². The molecular weight excluding hydrogens is 529 g/mol. The molecule has 3 N–H and O–H groups in total. The van der Waals surface area contributed by atoms with Gasteiger partial charge in [0.2, 0.25) is 0 Å². The van der Waals surface area contributed by atoms with E-state index in [1.165, 1.54) is 19.3 Å². The van der Waals surface area contributed by atoms with Gasteiger partial charge >= 0.3 is 5.97 Å². The van der Waals surface area contributed by atoms with Crippen molar-refractivity contribution >= 4 is 17.5 Å². The normalized spacial score (nSPS) is 42.1. The summed E-state index contributed by atoms with van der Waals surface area (Å²) in [6.07, 6.45) is 4.16. The molecule has 41 heavy (non-hydrogen) atoms. The monoisotopic (exact) mass is 567 g/mol. The van der Waals surface area contributed by atoms with Crippen LogP contribution < -0.4 is 0 Å². The highest BCUT2D eigenvalue weighted by Gasteiger charge is 2.87. The number of alkyl halides is 1. The van der Waals surface area contributed by atoms with E-state index in [1.807, 2.05) is 13.8 Å². The van der Waals surface area contributed by atoms with E-state index in [-0.39, 0.29) is 42.9 Å². The second-order valence-corrected chi connectivity index (χ2v) is 13.4. The van der Waals surface area contributed by atoms with Gasteiger partial charge in [-0.3, -0.25) is 9.59 Å². The summed E-state index contributed by atoms with van der Waals surface area (Å²) >= 11 is 0. The number of hydrogen-bond donors (Lipinski definition) is 3. The third-order valence-corrected chi connectivity index (χ3v) is 11.7. The molecule has 220 valence electrons. The van der Waals surface area contributed by atoms with Crippen LogP contribution in [0.2, 0.25) is 0 Å². The van der Waals surface area contributed by atoms with Crippen molar-refractivity contribution in [1.29, 1.82) is 0 Å². The van der Waals surface area contributed by atoms with E-state index in [9.17, 15) is 29.8 Å². The smallest absolute Gasteiger partial charge is 0.337 e. The molecule has 6 rings (SSSR count). The van der Waals surface area contributed by atoms with Gasteiger partial charge < -0.3 is 20.2 Å². The number of halogens is 1. The van der Waals surface area contributed by atoms with E-state index in [1.54, 1.807) is 30.3 Å². The fraction of sp³-hybridized carbons (Fsp3) is 0.594. The molecule has 0 spiro atoms. The summed E-state index contributed by atoms with van der Waals surface area (Å²) in [6.45, 7) is 3.52. The number of ketones is 2. The van der Waals surface area contributed by atoms with Gasteiger partial charge in [0, 0.05) is 29.8 Å². The van der Waals surface area contributed by atoms with Crippen LogP contribution in [-0.4, -0.2) is 70.6 Å². The molecule has 4 saturated carbocycles. The van der Waals surface area contributed by atoms with E-state index >= 15 is 4.39 Å². The molecule has 1 aromatic rings. The Morgan fingerprint density at radius 3 is 2.68 bits per heavy atom. The molecule has 0 heterocycles. The zero-order chi connectivity index (χ0) is 29.5. The number of nitrogens with zero attached hydrogens (tertiary/aromatic N) is 1. The van der Waals surface area contributed by atoms with Crippen LogP contribution in [0, 0.1) is 39.4 Å². The van der Waals surface area contributed by atoms with Crippen LogP contribution in [0.3, 0.4) is 0 Å². The Morgan fingerprint density at radius 1 is 1.22 bits per heavy atom. The maximum absolute atomic E-state index is 15.9. The maximum atomic E-state index is 15.9. The predicted octanol–water partition coefficient (Wildman–Crippen LogP) is 3.44. The van der Waals surface area contributed by atoms with Gasteiger partial charge in [-0.25, -0.2) is 9.18 Å². The summed E-state index contributed by atoms with van der Waals surface area (Å²) in [4.78, 5) is 37.5. The molecule has 8 nitrogen and oxygen atoms in total. The average molecular weight is 568 g/mol. The first kappa shape index (κ1) is 28.4. The molecule has 1 aromatic carbocycles. The first-order chi connectivity index (χ1) is 19.4. The lowest BCUT2D eigenvalue weighted by Gasteiger charge is -2.58. The lowest BCUT2D eigenvalue weighted by Crippen LogP contribution is -2.58. The fourth-order valence-corrected chi connectivity index (χ4v) is 10.3. The summed E-state index contributed by atoms with van der Waals surface area (Å²) in [7, 11) is 1.30. The maximum Gasteiger partial charge on any atom is 0.337 e. The number of carbonyl (C=O) groups excluding carboxylic acids is 3. The van der Waals surface area contributed by atoms with E-state index in [0.717, 1.165) is 5.06 Å². The lowest BCUT2D eigenvalue weighted by molar-refractivity contribution is -0.148. The number of rotatable bonds is 7. The molecule has 4 fully saturated rings. The largest absolute Gasteiger partial charge is 0.465 e. The number of ether oxygens (including phenoxy) is 1. The minimum Gasteiger partial charge on any atom is -0.465 e. The first-order valence-corrected chi connectivity index (χ1v) is 14.4. The molecular formula is C32H38FNO7. The summed E-state index contributed by atoms with van der Waals surface area (Å²) in [5.41, 5.74) is -1.20. The number of benzene rings is 1. The van der Waals surface area contributed by atoms with Crippen molar-refractivity contribution in [3.05, 3.63) is 59.2 Å². The number of hydroxylamine groups is 2. The van der Waals surface area contributed by atoms with Crippen LogP contribution in [0.4, 0.5) is 4.39 Å². The molecule has 0 bridgehead atoms. The molecule has 0 radical (unpaired) electrons. The highest BCUT2D eigenvalue weighted by atomic mass is 19.1. The summed E-state index contributed by atoms with van der Waals surface area (Å²) in [5, 5.41) is 34.0. The zero-order valence-electron chi connectivity index (χ0n) is 23.7. The van der Waals surface area contributed by atoms with E-state index in [0.29, 0.717) is 36.0 Å². The Hall–Kier alpha value is -2.72. The van der Waals surface area contributed by atoms with Gasteiger partial charge in [0.15, 0.2) is 11.6 Å². The topological polar surface area (TPSA) is 124 Å². The molecule has 0 aliphatic heterocycles. The molecule has 0 saturated heterocycles. The van der Waals surface area contributed by atoms with Crippen molar-refractivity contribution in [3.8, 4) is 0 Å². The number of carbonyl (C=O) groups is 3. The van der Waals surface area contributed by atoms with Gasteiger partial charge in [-0.05, 0) is 83.8 Å². The number of Topliss-reactive ketones (excluding diaryl/α,β-unsaturated/α-hetero) is 1. The van der Waals surface area contributed by atoms with Gasteiger partial charge in [-0.2, -0.15) is 5.06 Å². The summed E-state index contributed by atoms with van der Waals surface area (Å²) in [5.74, 6) is -2.12. The van der Waals surface area contributed by atoms with Crippen molar-refractivity contribution < 1.29 is 38.9 Å². The van der Waals surface area contributed by atoms with E-state index in [2.05, 4.69) is 0 Å². The van der Waals surface area contributed by atoms with Gasteiger partial charge in [0.1, 0.15) is 12.8 Å². The van der Waals surface area contributed by atoms with Crippen LogP contribution in [0.1, 0.15) is 55.5 Å². The van der Waals surface area contributed by atoms with Crippen molar-refractivity contribution in [3.63, 3.8) is 0 Å². The van der Waals surface area contributed by atoms with Crippen LogP contribution in [0.5, 0.6) is 0 Å². The Labute approximate surface area is 238 Å². The Kier molecular flexibility index (Phi) is 6.51. The minimum absolute atomic E-state index is 0.109. The van der Waals surface area contributed by atoms with Gasteiger partial charge in [0.25, 0.3) is 0 Å². The quantitative estimate of drug-likeness (QED) is 0.338. The summed E-state index contributed by atoms with van der Waals surface area (Å²) < 4.78 is 20.7. The fourth-order valence-electron chi connectivity index (χ4n) is 10.3. The van der Waals surface area contributed by atoms with Gasteiger partial charge in [0.05, 0.1) is 18.8 Å². The van der Waals surface area contributed by atoms with Crippen molar-refractivity contribution in [2.45, 2.75) is 58.4 Å². The number of hydrogen-bond acceptors (Lipinski definition) is 8. The summed E-state index contributed by atoms with van der Waals surface area (Å²) in [6, 6.07) is 6.77. The number of allylic oxidation sites excluding steroid dienone is 4. The van der Waals surface area contributed by atoms with Crippen molar-refractivity contribution in [1.82, 2.24) is 5.06 Å². The lowest BCUT2D eigenvalue weighted by atomic mass is 9.46. The SMILES string of the molecule is COC(=O)c1cccc(CN(O)C[C@@H]2C[C@H]3C45C[C@H](F)C6=CC(=O)C=C[C@]6(C)[C@@]4(C5)[C@@H](O)C[C@]3(C)[C@H]2C(=O)CO)c1. The Bertz CT molecular complexity index is 1380. The number of methoxy groups -OCH3 is 1. The first-order valence-electron chi connectivity index (χ1n) is 14.4.